The van der Waals surface area contributed by atoms with E-state index in [-0.39, 0.29) is 31.7 Å². The fourth-order valence-electron chi connectivity index (χ4n) is 5.86. The van der Waals surface area contributed by atoms with E-state index in [0.29, 0.717) is 28.4 Å². The van der Waals surface area contributed by atoms with Gasteiger partial charge in [-0.3, -0.25) is 0 Å². The van der Waals surface area contributed by atoms with Gasteiger partial charge in [0.05, 0.1) is 29.0 Å². The largest absolute Gasteiger partial charge is 0.508 e. The van der Waals surface area contributed by atoms with Crippen molar-refractivity contribution in [1.29, 1.82) is 0 Å². The number of alkyl halides is 2. The Labute approximate surface area is 245 Å². The molecule has 0 unspecified atom stereocenters. The molecule has 4 heterocycles. The molecule has 0 amide bonds. The molecule has 4 aromatic rings. The van der Waals surface area contributed by atoms with Crippen LogP contribution in [-0.4, -0.2) is 62.2 Å². The third kappa shape index (κ3) is 5.39. The number of anilines is 2. The van der Waals surface area contributed by atoms with Crippen LogP contribution >= 0.6 is 15.9 Å². The second kappa shape index (κ2) is 10.0. The van der Waals surface area contributed by atoms with E-state index in [1.165, 1.54) is 25.7 Å². The fraction of sp³-hybridized carbons (Fsp3) is 0.400. The quantitative estimate of drug-likeness (QED) is 0.273. The van der Waals surface area contributed by atoms with Gasteiger partial charge in [-0.05, 0) is 79.6 Å². The maximum absolute atomic E-state index is 13.9. The molecule has 0 bridgehead atoms. The Balaban J connectivity index is 1.24. The number of aromatic nitrogens is 5. The summed E-state index contributed by atoms with van der Waals surface area (Å²) in [4.78, 5) is 13.7. The second-order valence-corrected chi connectivity index (χ2v) is 12.4. The van der Waals surface area contributed by atoms with Gasteiger partial charge >= 0.3 is 0 Å². The van der Waals surface area contributed by atoms with Crippen molar-refractivity contribution in [2.75, 3.05) is 36.0 Å². The van der Waals surface area contributed by atoms with Crippen molar-refractivity contribution in [3.63, 3.8) is 0 Å². The first-order valence-corrected chi connectivity index (χ1v) is 14.8. The number of aromatic hydroxyl groups is 1. The highest BCUT2D eigenvalue weighted by molar-refractivity contribution is 9.10. The van der Waals surface area contributed by atoms with E-state index in [9.17, 15) is 13.9 Å². The van der Waals surface area contributed by atoms with Crippen LogP contribution in [0.1, 0.15) is 38.5 Å². The lowest BCUT2D eigenvalue weighted by Gasteiger charge is -2.35. The molecule has 3 fully saturated rings. The SMILES string of the molecule is Oc1ccc(-c2cc(-c3cn(-c4ccc(Br)cc4N4CCC5(CC4)CC5)nn3)nc(N3CCC(F)(F)CC3)n2)cc1. The normalized spacial score (nSPS) is 19.5. The van der Waals surface area contributed by atoms with Gasteiger partial charge in [-0.1, -0.05) is 21.1 Å². The minimum atomic E-state index is -2.67. The van der Waals surface area contributed by atoms with Gasteiger partial charge in [-0.25, -0.2) is 23.4 Å². The Morgan fingerprint density at radius 3 is 2.12 bits per heavy atom. The van der Waals surface area contributed by atoms with E-state index >= 15 is 0 Å². The highest BCUT2D eigenvalue weighted by atomic mass is 79.9. The molecule has 0 radical (unpaired) electrons. The predicted molar refractivity (Wildman–Crippen MR) is 157 cm³/mol. The highest BCUT2D eigenvalue weighted by Crippen LogP contribution is 2.54. The van der Waals surface area contributed by atoms with Crippen molar-refractivity contribution in [2.45, 2.75) is 44.4 Å². The summed E-state index contributed by atoms with van der Waals surface area (Å²) in [6.07, 6.45) is 6.51. The molecule has 41 heavy (non-hydrogen) atoms. The monoisotopic (exact) mass is 621 g/mol. The van der Waals surface area contributed by atoms with Gasteiger partial charge in [0.15, 0.2) is 0 Å². The molecule has 0 atom stereocenters. The fourth-order valence-corrected chi connectivity index (χ4v) is 6.21. The zero-order valence-corrected chi connectivity index (χ0v) is 24.1. The summed E-state index contributed by atoms with van der Waals surface area (Å²) in [7, 11) is 0. The smallest absolute Gasteiger partial charge is 0.251 e. The van der Waals surface area contributed by atoms with Crippen LogP contribution in [0, 0.1) is 5.41 Å². The predicted octanol–water partition coefficient (Wildman–Crippen LogP) is 6.48. The molecule has 7 rings (SSSR count). The van der Waals surface area contributed by atoms with Crippen LogP contribution in [0.4, 0.5) is 20.4 Å². The molecule has 212 valence electrons. The lowest BCUT2D eigenvalue weighted by molar-refractivity contribution is -0.0222. The van der Waals surface area contributed by atoms with Crippen molar-refractivity contribution in [2.24, 2.45) is 5.41 Å². The van der Waals surface area contributed by atoms with Crippen LogP contribution in [0.5, 0.6) is 5.75 Å². The molecule has 1 aliphatic carbocycles. The minimum Gasteiger partial charge on any atom is -0.508 e. The average Bonchev–Trinajstić information content (AvgIpc) is 3.53. The van der Waals surface area contributed by atoms with Gasteiger partial charge in [-0.15, -0.1) is 5.10 Å². The van der Waals surface area contributed by atoms with E-state index in [1.807, 2.05) is 24.4 Å². The number of phenolic OH excluding ortho intramolecular Hbond substituents is 1. The topological polar surface area (TPSA) is 83.2 Å². The molecule has 2 saturated heterocycles. The highest BCUT2D eigenvalue weighted by Gasteiger charge is 2.44. The van der Waals surface area contributed by atoms with E-state index in [2.05, 4.69) is 37.2 Å². The van der Waals surface area contributed by atoms with E-state index in [0.717, 1.165) is 34.5 Å². The summed E-state index contributed by atoms with van der Waals surface area (Å²) in [6.45, 7) is 2.37. The average molecular weight is 623 g/mol. The summed E-state index contributed by atoms with van der Waals surface area (Å²) in [5.74, 6) is -2.15. The molecule has 1 saturated carbocycles. The molecule has 2 aromatic carbocycles. The Kier molecular flexibility index (Phi) is 6.44. The molecule has 2 aromatic heterocycles. The van der Waals surface area contributed by atoms with Gasteiger partial charge in [0, 0.05) is 49.1 Å². The molecule has 3 aliphatic rings. The summed E-state index contributed by atoms with van der Waals surface area (Å²) >= 11 is 3.64. The molecule has 1 spiro atoms. The molecule has 11 heteroatoms. The van der Waals surface area contributed by atoms with Crippen LogP contribution in [0.15, 0.2) is 59.2 Å². The lowest BCUT2D eigenvalue weighted by atomic mass is 9.93. The number of phenols is 1. The summed E-state index contributed by atoms with van der Waals surface area (Å²) in [5.41, 5.74) is 5.11. The van der Waals surface area contributed by atoms with Crippen LogP contribution in [0.25, 0.3) is 28.3 Å². The molecule has 2 aliphatic heterocycles. The number of hydrogen-bond donors (Lipinski definition) is 1. The third-order valence-corrected chi connectivity index (χ3v) is 9.21. The maximum Gasteiger partial charge on any atom is 0.251 e. The van der Waals surface area contributed by atoms with Gasteiger partial charge in [0.25, 0.3) is 5.92 Å². The number of nitrogens with zero attached hydrogens (tertiary/aromatic N) is 7. The Morgan fingerprint density at radius 1 is 0.732 bits per heavy atom. The zero-order valence-electron chi connectivity index (χ0n) is 22.5. The third-order valence-electron chi connectivity index (χ3n) is 8.72. The first kappa shape index (κ1) is 26.3. The lowest BCUT2D eigenvalue weighted by Crippen LogP contribution is -2.40. The summed E-state index contributed by atoms with van der Waals surface area (Å²) in [6, 6.07) is 14.7. The Hall–Kier alpha value is -3.60. The standard InChI is InChI=1S/C30H30BrF2N7O/c31-21-3-6-26(27(17-21)38-13-9-29(7-8-29)10-14-38)40-19-25(36-37-40)24-18-23(20-1-4-22(41)5-2-20)34-28(35-24)39-15-11-30(32,33)12-16-39/h1-6,17-19,41H,7-16H2. The number of benzene rings is 2. The van der Waals surface area contributed by atoms with Crippen LogP contribution in [-0.2, 0) is 0 Å². The number of hydrogen-bond acceptors (Lipinski definition) is 7. The summed E-state index contributed by atoms with van der Waals surface area (Å²) in [5, 5.41) is 18.7. The van der Waals surface area contributed by atoms with Gasteiger partial charge < -0.3 is 14.9 Å². The van der Waals surface area contributed by atoms with Crippen LogP contribution in [0.2, 0.25) is 0 Å². The first-order chi connectivity index (χ1) is 19.8. The molecule has 1 N–H and O–H groups in total. The maximum atomic E-state index is 13.9. The van der Waals surface area contributed by atoms with Crippen LogP contribution in [0.3, 0.4) is 0 Å². The van der Waals surface area contributed by atoms with E-state index < -0.39 is 5.92 Å². The molecular formula is C30H30BrF2N7O. The van der Waals surface area contributed by atoms with Crippen molar-refractivity contribution in [3.8, 4) is 34.1 Å². The minimum absolute atomic E-state index is 0.149. The van der Waals surface area contributed by atoms with E-state index in [1.54, 1.807) is 33.8 Å². The van der Waals surface area contributed by atoms with E-state index in [4.69, 9.17) is 9.97 Å². The molecular weight excluding hydrogens is 592 g/mol. The number of piperidine rings is 2. The summed E-state index contributed by atoms with van der Waals surface area (Å²) < 4.78 is 30.6. The Bertz CT molecular complexity index is 1570. The van der Waals surface area contributed by atoms with Crippen molar-refractivity contribution in [3.05, 3.63) is 59.2 Å². The molecule has 8 nitrogen and oxygen atoms in total. The van der Waals surface area contributed by atoms with Crippen LogP contribution < -0.4 is 9.80 Å². The van der Waals surface area contributed by atoms with Crippen molar-refractivity contribution < 1.29 is 13.9 Å². The second-order valence-electron chi connectivity index (χ2n) is 11.5. The Morgan fingerprint density at radius 2 is 1.41 bits per heavy atom. The number of halogens is 3. The van der Waals surface area contributed by atoms with Gasteiger partial charge in [0.1, 0.15) is 11.4 Å². The van der Waals surface area contributed by atoms with Crippen molar-refractivity contribution >= 4 is 27.6 Å². The van der Waals surface area contributed by atoms with Gasteiger partial charge in [0.2, 0.25) is 5.95 Å². The zero-order chi connectivity index (χ0) is 28.2. The number of rotatable bonds is 5. The first-order valence-electron chi connectivity index (χ1n) is 14.0. The van der Waals surface area contributed by atoms with Gasteiger partial charge in [-0.2, -0.15) is 0 Å². The van der Waals surface area contributed by atoms with Crippen molar-refractivity contribution in [1.82, 2.24) is 25.0 Å².